The second-order valence-corrected chi connectivity index (χ2v) is 6.31. The maximum Gasteiger partial charge on any atom is 0.255 e. The first kappa shape index (κ1) is 18.1. The Labute approximate surface area is 150 Å². The molecule has 0 bridgehead atoms. The second kappa shape index (κ2) is 7.65. The van der Waals surface area contributed by atoms with Crippen LogP contribution in [0.15, 0.2) is 18.2 Å². The van der Waals surface area contributed by atoms with E-state index < -0.39 is 11.9 Å². The number of imide groups is 1. The summed E-state index contributed by atoms with van der Waals surface area (Å²) < 4.78 is 5.05. The predicted octanol–water partition coefficient (Wildman–Crippen LogP) is 0.100. The van der Waals surface area contributed by atoms with Crippen LogP contribution >= 0.6 is 0 Å². The van der Waals surface area contributed by atoms with E-state index >= 15 is 0 Å². The van der Waals surface area contributed by atoms with Gasteiger partial charge in [0.05, 0.1) is 0 Å². The Morgan fingerprint density at radius 1 is 1.35 bits per heavy atom. The molecule has 0 spiro atoms. The zero-order valence-electron chi connectivity index (χ0n) is 14.5. The summed E-state index contributed by atoms with van der Waals surface area (Å²) in [6, 6.07) is 4.74. The first-order chi connectivity index (χ1) is 12.5. The monoisotopic (exact) mass is 359 g/mol. The van der Waals surface area contributed by atoms with Gasteiger partial charge in [-0.2, -0.15) is 0 Å². The number of carbonyl (C=O) groups excluding carboxylic acids is 4. The van der Waals surface area contributed by atoms with Crippen LogP contribution in [0.2, 0.25) is 0 Å². The van der Waals surface area contributed by atoms with Crippen molar-refractivity contribution in [3.63, 3.8) is 0 Å². The van der Waals surface area contributed by atoms with Crippen molar-refractivity contribution in [1.82, 2.24) is 15.5 Å². The molecule has 3 rings (SSSR count). The van der Waals surface area contributed by atoms with Crippen molar-refractivity contribution in [3.8, 4) is 0 Å². The highest BCUT2D eigenvalue weighted by molar-refractivity contribution is 6.05. The summed E-state index contributed by atoms with van der Waals surface area (Å²) >= 11 is 0. The highest BCUT2D eigenvalue weighted by atomic mass is 16.5. The largest absolute Gasteiger partial charge is 0.372 e. The quantitative estimate of drug-likeness (QED) is 0.701. The Kier molecular flexibility index (Phi) is 5.32. The first-order valence-electron chi connectivity index (χ1n) is 8.60. The molecule has 1 unspecified atom stereocenters. The number of ether oxygens (including phenoxy) is 1. The van der Waals surface area contributed by atoms with E-state index in [1.807, 2.05) is 13.0 Å². The zero-order chi connectivity index (χ0) is 18.7. The fraction of sp³-hybridized carbons (Fsp3) is 0.444. The van der Waals surface area contributed by atoms with Crippen molar-refractivity contribution < 1.29 is 23.9 Å². The van der Waals surface area contributed by atoms with E-state index in [9.17, 15) is 19.2 Å². The second-order valence-electron chi connectivity index (χ2n) is 6.31. The van der Waals surface area contributed by atoms with Gasteiger partial charge in [0.15, 0.2) is 0 Å². The van der Waals surface area contributed by atoms with Crippen LogP contribution in [-0.4, -0.2) is 47.8 Å². The number of hydrogen-bond donors (Lipinski definition) is 2. The molecule has 2 N–H and O–H groups in total. The van der Waals surface area contributed by atoms with Crippen molar-refractivity contribution in [3.05, 3.63) is 34.9 Å². The number of rotatable bonds is 6. The fourth-order valence-electron chi connectivity index (χ4n) is 3.18. The summed E-state index contributed by atoms with van der Waals surface area (Å²) in [4.78, 5) is 49.0. The van der Waals surface area contributed by atoms with Gasteiger partial charge in [-0.05, 0) is 30.5 Å². The van der Waals surface area contributed by atoms with Gasteiger partial charge in [0.25, 0.3) is 5.91 Å². The summed E-state index contributed by atoms with van der Waals surface area (Å²) in [5, 5.41) is 5.04. The number of fused-ring (bicyclic) bond motifs is 1. The Hall–Kier alpha value is -2.74. The maximum absolute atomic E-state index is 12.6. The molecular formula is C18H21N3O5. The normalized spacial score (nSPS) is 19.3. The Balaban J connectivity index is 1.65. The van der Waals surface area contributed by atoms with Gasteiger partial charge in [-0.3, -0.25) is 24.5 Å². The number of amides is 4. The number of nitrogens with zero attached hydrogens (tertiary/aromatic N) is 1. The van der Waals surface area contributed by atoms with Gasteiger partial charge in [-0.1, -0.05) is 12.1 Å². The van der Waals surface area contributed by atoms with Crippen LogP contribution in [0, 0.1) is 0 Å². The minimum absolute atomic E-state index is 0.0171. The van der Waals surface area contributed by atoms with Gasteiger partial charge in [0.2, 0.25) is 17.7 Å². The molecule has 2 aliphatic heterocycles. The molecule has 2 heterocycles. The Morgan fingerprint density at radius 2 is 2.15 bits per heavy atom. The third kappa shape index (κ3) is 3.75. The molecule has 0 saturated carbocycles. The molecule has 0 radical (unpaired) electrons. The fourth-order valence-corrected chi connectivity index (χ4v) is 3.18. The van der Waals surface area contributed by atoms with E-state index in [0.29, 0.717) is 31.7 Å². The van der Waals surface area contributed by atoms with Crippen molar-refractivity contribution in [2.45, 2.75) is 38.9 Å². The SMILES string of the molecule is CCOCC(=O)NCc1ccc2c(c1)CN(C1CCC(=O)NC1=O)C2=O. The summed E-state index contributed by atoms with van der Waals surface area (Å²) in [5.74, 6) is -1.14. The third-order valence-electron chi connectivity index (χ3n) is 4.51. The first-order valence-corrected chi connectivity index (χ1v) is 8.60. The predicted molar refractivity (Wildman–Crippen MR) is 90.8 cm³/mol. The van der Waals surface area contributed by atoms with E-state index in [1.165, 1.54) is 4.90 Å². The average Bonchev–Trinajstić information content (AvgIpc) is 2.94. The molecular weight excluding hydrogens is 338 g/mol. The highest BCUT2D eigenvalue weighted by Crippen LogP contribution is 2.28. The lowest BCUT2D eigenvalue weighted by atomic mass is 10.0. The summed E-state index contributed by atoms with van der Waals surface area (Å²) in [7, 11) is 0. The molecule has 1 atom stereocenters. The summed E-state index contributed by atoms with van der Waals surface area (Å²) in [6.45, 7) is 2.97. The van der Waals surface area contributed by atoms with Gasteiger partial charge in [0, 0.05) is 31.7 Å². The van der Waals surface area contributed by atoms with Gasteiger partial charge in [0.1, 0.15) is 12.6 Å². The number of hydrogen-bond acceptors (Lipinski definition) is 5. The molecule has 8 heteroatoms. The van der Waals surface area contributed by atoms with Crippen LogP contribution in [-0.2, 0) is 32.2 Å². The standard InChI is InChI=1S/C18H21N3O5/c1-2-26-10-16(23)19-8-11-3-4-13-12(7-11)9-21(18(13)25)14-5-6-15(22)20-17(14)24/h3-4,7,14H,2,5-6,8-10H2,1H3,(H,19,23)(H,20,22,24). The topological polar surface area (TPSA) is 105 Å². The van der Waals surface area contributed by atoms with Crippen LogP contribution in [0.25, 0.3) is 0 Å². The van der Waals surface area contributed by atoms with E-state index in [2.05, 4.69) is 10.6 Å². The maximum atomic E-state index is 12.6. The van der Waals surface area contributed by atoms with Crippen molar-refractivity contribution in [1.29, 1.82) is 0 Å². The lowest BCUT2D eigenvalue weighted by Gasteiger charge is -2.29. The Bertz CT molecular complexity index is 761. The highest BCUT2D eigenvalue weighted by Gasteiger charge is 2.38. The molecule has 138 valence electrons. The molecule has 1 aromatic rings. The number of benzene rings is 1. The lowest BCUT2D eigenvalue weighted by Crippen LogP contribution is -2.52. The summed E-state index contributed by atoms with van der Waals surface area (Å²) in [5.41, 5.74) is 2.24. The Morgan fingerprint density at radius 3 is 2.88 bits per heavy atom. The molecule has 1 fully saturated rings. The summed E-state index contributed by atoms with van der Waals surface area (Å²) in [6.07, 6.45) is 0.568. The van der Waals surface area contributed by atoms with E-state index in [4.69, 9.17) is 4.74 Å². The van der Waals surface area contributed by atoms with Crippen LogP contribution in [0.4, 0.5) is 0 Å². The smallest absolute Gasteiger partial charge is 0.255 e. The van der Waals surface area contributed by atoms with Crippen molar-refractivity contribution in [2.24, 2.45) is 0 Å². The molecule has 2 aliphatic rings. The van der Waals surface area contributed by atoms with Crippen LogP contribution in [0.1, 0.15) is 41.3 Å². The van der Waals surface area contributed by atoms with Crippen LogP contribution in [0.5, 0.6) is 0 Å². The van der Waals surface area contributed by atoms with Gasteiger partial charge < -0.3 is 15.0 Å². The number of piperidine rings is 1. The molecule has 0 aliphatic carbocycles. The number of nitrogens with one attached hydrogen (secondary N) is 2. The minimum atomic E-state index is -0.623. The van der Waals surface area contributed by atoms with Gasteiger partial charge in [-0.25, -0.2) is 0 Å². The van der Waals surface area contributed by atoms with E-state index in [1.54, 1.807) is 12.1 Å². The van der Waals surface area contributed by atoms with Gasteiger partial charge in [-0.15, -0.1) is 0 Å². The molecule has 4 amide bonds. The molecule has 26 heavy (non-hydrogen) atoms. The van der Waals surface area contributed by atoms with Crippen LogP contribution in [0.3, 0.4) is 0 Å². The van der Waals surface area contributed by atoms with Gasteiger partial charge >= 0.3 is 0 Å². The van der Waals surface area contributed by atoms with E-state index in [0.717, 1.165) is 11.1 Å². The molecule has 1 aromatic carbocycles. The minimum Gasteiger partial charge on any atom is -0.372 e. The van der Waals surface area contributed by atoms with Crippen molar-refractivity contribution in [2.75, 3.05) is 13.2 Å². The van der Waals surface area contributed by atoms with Crippen molar-refractivity contribution >= 4 is 23.6 Å². The zero-order valence-corrected chi connectivity index (χ0v) is 14.5. The molecule has 1 saturated heterocycles. The molecule has 8 nitrogen and oxygen atoms in total. The average molecular weight is 359 g/mol. The van der Waals surface area contributed by atoms with Crippen LogP contribution < -0.4 is 10.6 Å². The number of carbonyl (C=O) groups is 4. The lowest BCUT2D eigenvalue weighted by molar-refractivity contribution is -0.137. The van der Waals surface area contributed by atoms with E-state index in [-0.39, 0.29) is 30.7 Å². The third-order valence-corrected chi connectivity index (χ3v) is 4.51. The molecule has 0 aromatic heterocycles.